The Morgan fingerprint density at radius 1 is 1.42 bits per heavy atom. The van der Waals surface area contributed by atoms with Gasteiger partial charge in [0.2, 0.25) is 5.91 Å². The number of thioether (sulfide) groups is 2. The van der Waals surface area contributed by atoms with Crippen molar-refractivity contribution in [1.82, 2.24) is 15.5 Å². The molecule has 6 nitrogen and oxygen atoms in total. The zero-order valence-electron chi connectivity index (χ0n) is 11.1. The highest BCUT2D eigenvalue weighted by molar-refractivity contribution is 8.00. The van der Waals surface area contributed by atoms with E-state index in [1.54, 1.807) is 18.0 Å². The highest BCUT2D eigenvalue weighted by atomic mass is 32.2. The summed E-state index contributed by atoms with van der Waals surface area (Å²) in [5, 5.41) is 4.89. The molecule has 4 amide bonds. The molecule has 0 aromatic rings. The summed E-state index contributed by atoms with van der Waals surface area (Å²) in [4.78, 5) is 35.8. The van der Waals surface area contributed by atoms with Gasteiger partial charge >= 0.3 is 6.03 Å². The van der Waals surface area contributed by atoms with E-state index in [1.165, 1.54) is 16.7 Å². The minimum absolute atomic E-state index is 0.00791. The normalized spacial score (nSPS) is 18.6. The fourth-order valence-corrected chi connectivity index (χ4v) is 2.55. The van der Waals surface area contributed by atoms with Gasteiger partial charge in [0, 0.05) is 25.3 Å². The quantitative estimate of drug-likeness (QED) is 0.504. The molecule has 0 aromatic carbocycles. The molecule has 2 N–H and O–H groups in total. The number of urea groups is 1. The summed E-state index contributed by atoms with van der Waals surface area (Å²) in [7, 11) is 0. The number of amides is 4. The lowest BCUT2D eigenvalue weighted by molar-refractivity contribution is -0.125. The summed E-state index contributed by atoms with van der Waals surface area (Å²) in [6.45, 7) is 0.818. The summed E-state index contributed by atoms with van der Waals surface area (Å²) in [6, 6.07) is -0.349. The van der Waals surface area contributed by atoms with E-state index in [4.69, 9.17) is 0 Å². The smallest absolute Gasteiger partial charge is 0.325 e. The Kier molecular flexibility index (Phi) is 7.07. The molecule has 19 heavy (non-hydrogen) atoms. The van der Waals surface area contributed by atoms with Gasteiger partial charge in [-0.25, -0.2) is 4.79 Å². The SMILES string of the molecule is CSCCC(=O)NCCCN1C(=O)NC(SC)C1=O. The molecule has 108 valence electrons. The molecule has 1 saturated heterocycles. The largest absolute Gasteiger partial charge is 0.356 e. The minimum Gasteiger partial charge on any atom is -0.356 e. The van der Waals surface area contributed by atoms with Crippen molar-refractivity contribution in [2.45, 2.75) is 18.2 Å². The molecule has 1 heterocycles. The fraction of sp³-hybridized carbons (Fsp3) is 0.727. The lowest BCUT2D eigenvalue weighted by atomic mass is 10.3. The van der Waals surface area contributed by atoms with Crippen LogP contribution in [0.1, 0.15) is 12.8 Å². The van der Waals surface area contributed by atoms with Gasteiger partial charge in [0.1, 0.15) is 0 Å². The number of nitrogens with one attached hydrogen (secondary N) is 2. The average Bonchev–Trinajstić information content (AvgIpc) is 2.67. The number of imide groups is 1. The number of nitrogens with zero attached hydrogens (tertiary/aromatic N) is 1. The van der Waals surface area contributed by atoms with Crippen LogP contribution in [0.2, 0.25) is 0 Å². The minimum atomic E-state index is -0.469. The van der Waals surface area contributed by atoms with Crippen LogP contribution in [0.3, 0.4) is 0 Å². The Balaban J connectivity index is 2.21. The second kappa shape index (κ2) is 8.31. The van der Waals surface area contributed by atoms with Crippen molar-refractivity contribution >= 4 is 41.4 Å². The Bertz CT molecular complexity index is 352. The van der Waals surface area contributed by atoms with Crippen LogP contribution in [0.5, 0.6) is 0 Å². The first-order valence-electron chi connectivity index (χ1n) is 6.00. The molecule has 1 aliphatic heterocycles. The van der Waals surface area contributed by atoms with E-state index < -0.39 is 5.37 Å². The molecular formula is C11H19N3O3S2. The third-order valence-corrected chi connectivity index (χ3v) is 4.04. The van der Waals surface area contributed by atoms with Gasteiger partial charge in [-0.1, -0.05) is 0 Å². The Hall–Kier alpha value is -0.890. The van der Waals surface area contributed by atoms with Gasteiger partial charge in [0.05, 0.1) is 0 Å². The van der Waals surface area contributed by atoms with E-state index in [2.05, 4.69) is 10.6 Å². The first-order chi connectivity index (χ1) is 9.10. The molecule has 0 radical (unpaired) electrons. The first kappa shape index (κ1) is 16.2. The summed E-state index contributed by atoms with van der Waals surface area (Å²) >= 11 is 2.93. The molecule has 0 aromatic heterocycles. The fourth-order valence-electron chi connectivity index (χ4n) is 1.61. The summed E-state index contributed by atoms with van der Waals surface area (Å²) in [5.74, 6) is 0.605. The molecule has 0 aliphatic carbocycles. The molecule has 0 saturated carbocycles. The second-order valence-corrected chi connectivity index (χ2v) is 5.93. The van der Waals surface area contributed by atoms with Gasteiger partial charge < -0.3 is 10.6 Å². The van der Waals surface area contributed by atoms with Crippen LogP contribution in [-0.4, -0.2) is 59.5 Å². The molecule has 0 bridgehead atoms. The van der Waals surface area contributed by atoms with Crippen LogP contribution >= 0.6 is 23.5 Å². The number of carbonyl (C=O) groups is 3. The molecule has 1 rings (SSSR count). The van der Waals surface area contributed by atoms with Crippen LogP contribution < -0.4 is 10.6 Å². The third kappa shape index (κ3) is 4.94. The zero-order valence-corrected chi connectivity index (χ0v) is 12.7. The van der Waals surface area contributed by atoms with Crippen molar-refractivity contribution in [1.29, 1.82) is 0 Å². The second-order valence-electron chi connectivity index (χ2n) is 4.00. The number of hydrogen-bond donors (Lipinski definition) is 2. The Labute approximate surface area is 121 Å². The lowest BCUT2D eigenvalue weighted by Crippen LogP contribution is -2.34. The van der Waals surface area contributed by atoms with E-state index in [1.807, 2.05) is 6.26 Å². The van der Waals surface area contributed by atoms with Gasteiger partial charge in [-0.15, -0.1) is 11.8 Å². The van der Waals surface area contributed by atoms with Crippen LogP contribution in [0.4, 0.5) is 4.79 Å². The molecule has 0 spiro atoms. The standard InChI is InChI=1S/C11H19N3O3S2/c1-18-7-4-8(15)12-5-3-6-14-10(16)9(19-2)13-11(14)17/h9H,3-7H2,1-2H3,(H,12,15)(H,13,17). The molecular weight excluding hydrogens is 286 g/mol. The van der Waals surface area contributed by atoms with Crippen LogP contribution in [-0.2, 0) is 9.59 Å². The van der Waals surface area contributed by atoms with Crippen molar-refractivity contribution in [3.8, 4) is 0 Å². The van der Waals surface area contributed by atoms with E-state index in [0.29, 0.717) is 25.9 Å². The predicted octanol–water partition coefficient (Wildman–Crippen LogP) is 0.487. The van der Waals surface area contributed by atoms with Crippen LogP contribution in [0.15, 0.2) is 0 Å². The van der Waals surface area contributed by atoms with Crippen molar-refractivity contribution in [2.24, 2.45) is 0 Å². The van der Waals surface area contributed by atoms with E-state index in [9.17, 15) is 14.4 Å². The van der Waals surface area contributed by atoms with Gasteiger partial charge in [-0.3, -0.25) is 14.5 Å². The van der Waals surface area contributed by atoms with Crippen LogP contribution in [0, 0.1) is 0 Å². The van der Waals surface area contributed by atoms with Gasteiger partial charge in [0.25, 0.3) is 5.91 Å². The monoisotopic (exact) mass is 305 g/mol. The highest BCUT2D eigenvalue weighted by Crippen LogP contribution is 2.14. The van der Waals surface area contributed by atoms with Crippen molar-refractivity contribution in [2.75, 3.05) is 31.4 Å². The number of carbonyl (C=O) groups excluding carboxylic acids is 3. The van der Waals surface area contributed by atoms with E-state index >= 15 is 0 Å². The van der Waals surface area contributed by atoms with Crippen LogP contribution in [0.25, 0.3) is 0 Å². The first-order valence-corrected chi connectivity index (χ1v) is 8.68. The summed E-state index contributed by atoms with van der Waals surface area (Å²) in [6.07, 6.45) is 4.80. The molecule has 1 atom stereocenters. The topological polar surface area (TPSA) is 78.5 Å². The molecule has 1 unspecified atom stereocenters. The maximum Gasteiger partial charge on any atom is 0.325 e. The van der Waals surface area contributed by atoms with Crippen molar-refractivity contribution in [3.63, 3.8) is 0 Å². The maximum absolute atomic E-state index is 11.7. The Morgan fingerprint density at radius 2 is 2.16 bits per heavy atom. The summed E-state index contributed by atoms with van der Waals surface area (Å²) < 4.78 is 0. The molecule has 1 fully saturated rings. The van der Waals surface area contributed by atoms with Gasteiger partial charge in [-0.05, 0) is 18.9 Å². The number of rotatable bonds is 8. The van der Waals surface area contributed by atoms with E-state index in [0.717, 1.165) is 5.75 Å². The average molecular weight is 305 g/mol. The Morgan fingerprint density at radius 3 is 2.74 bits per heavy atom. The zero-order chi connectivity index (χ0) is 14.3. The van der Waals surface area contributed by atoms with Gasteiger partial charge in [0.15, 0.2) is 5.37 Å². The summed E-state index contributed by atoms with van der Waals surface area (Å²) in [5.41, 5.74) is 0. The molecule has 1 aliphatic rings. The van der Waals surface area contributed by atoms with Crippen molar-refractivity contribution in [3.05, 3.63) is 0 Å². The van der Waals surface area contributed by atoms with Crippen molar-refractivity contribution < 1.29 is 14.4 Å². The highest BCUT2D eigenvalue weighted by Gasteiger charge is 2.36. The number of hydrogen-bond acceptors (Lipinski definition) is 5. The lowest BCUT2D eigenvalue weighted by Gasteiger charge is -2.12. The predicted molar refractivity (Wildman–Crippen MR) is 78.2 cm³/mol. The maximum atomic E-state index is 11.7. The third-order valence-electron chi connectivity index (χ3n) is 2.64. The van der Waals surface area contributed by atoms with E-state index in [-0.39, 0.29) is 17.8 Å². The molecule has 8 heteroatoms. The van der Waals surface area contributed by atoms with Gasteiger partial charge in [-0.2, -0.15) is 11.8 Å².